The summed E-state index contributed by atoms with van der Waals surface area (Å²) in [6.07, 6.45) is 1.22. The molecule has 1 fully saturated rings. The molecule has 2 N–H and O–H groups in total. The van der Waals surface area contributed by atoms with E-state index < -0.39 is 6.04 Å². The Labute approximate surface area is 101 Å². The molecule has 0 aromatic rings. The Hall–Kier alpha value is -1.14. The van der Waals surface area contributed by atoms with Crippen LogP contribution in [0.4, 0.5) is 0 Å². The molecule has 0 aromatic heterocycles. The number of ether oxygens (including phenoxy) is 2. The minimum Gasteiger partial charge on any atom is -0.468 e. The van der Waals surface area contributed by atoms with Gasteiger partial charge in [-0.2, -0.15) is 0 Å². The maximum atomic E-state index is 11.5. The number of hydrogen-bond donors (Lipinski definition) is 2. The molecule has 2 atom stereocenters. The normalized spacial score (nSPS) is 21.1. The first-order valence-electron chi connectivity index (χ1n) is 5.85. The van der Waals surface area contributed by atoms with Gasteiger partial charge in [-0.25, -0.2) is 0 Å². The Bertz CT molecular complexity index is 270. The fourth-order valence-electron chi connectivity index (χ4n) is 1.82. The van der Waals surface area contributed by atoms with Crippen LogP contribution in [0, 0.1) is 5.92 Å². The summed E-state index contributed by atoms with van der Waals surface area (Å²) in [7, 11) is 1.34. The van der Waals surface area contributed by atoms with E-state index in [2.05, 4.69) is 10.6 Å². The van der Waals surface area contributed by atoms with Gasteiger partial charge in [0, 0.05) is 19.1 Å². The van der Waals surface area contributed by atoms with Crippen molar-refractivity contribution in [3.63, 3.8) is 0 Å². The Kier molecular flexibility index (Phi) is 5.93. The molecule has 1 saturated heterocycles. The van der Waals surface area contributed by atoms with E-state index in [1.165, 1.54) is 7.11 Å². The van der Waals surface area contributed by atoms with Crippen molar-refractivity contribution in [3.8, 4) is 0 Å². The lowest BCUT2D eigenvalue weighted by Gasteiger charge is -2.18. The summed E-state index contributed by atoms with van der Waals surface area (Å²) in [5.74, 6) is -0.463. The summed E-state index contributed by atoms with van der Waals surface area (Å²) in [5, 5.41) is 5.69. The topological polar surface area (TPSA) is 76.7 Å². The third kappa shape index (κ3) is 4.32. The first-order chi connectivity index (χ1) is 8.19. The molecular formula is C11H20N2O4. The molecule has 6 nitrogen and oxygen atoms in total. The van der Waals surface area contributed by atoms with Crippen molar-refractivity contribution in [2.45, 2.75) is 25.8 Å². The first-order valence-corrected chi connectivity index (χ1v) is 5.85. The molecule has 0 radical (unpaired) electrons. The van der Waals surface area contributed by atoms with Gasteiger partial charge in [-0.15, -0.1) is 0 Å². The van der Waals surface area contributed by atoms with E-state index in [-0.39, 0.29) is 24.5 Å². The van der Waals surface area contributed by atoms with E-state index in [9.17, 15) is 9.59 Å². The predicted molar refractivity (Wildman–Crippen MR) is 61.2 cm³/mol. The molecule has 0 aliphatic carbocycles. The third-order valence-corrected chi connectivity index (χ3v) is 2.80. The molecular weight excluding hydrogens is 224 g/mol. The molecule has 1 amide bonds. The van der Waals surface area contributed by atoms with E-state index in [4.69, 9.17) is 9.47 Å². The third-order valence-electron chi connectivity index (χ3n) is 2.80. The fraction of sp³-hybridized carbons (Fsp3) is 0.818. The molecule has 98 valence electrons. The van der Waals surface area contributed by atoms with Gasteiger partial charge in [-0.1, -0.05) is 0 Å². The number of nitrogens with one attached hydrogen (secondary N) is 2. The molecule has 0 bridgehead atoms. The van der Waals surface area contributed by atoms with E-state index in [1.54, 1.807) is 0 Å². The van der Waals surface area contributed by atoms with Gasteiger partial charge in [0.05, 0.1) is 13.8 Å². The molecule has 1 aliphatic heterocycles. The van der Waals surface area contributed by atoms with Gasteiger partial charge < -0.3 is 14.8 Å². The van der Waals surface area contributed by atoms with E-state index in [0.717, 1.165) is 6.42 Å². The number of carbonyl (C=O) groups is 2. The predicted octanol–water partition coefficient (Wildman–Crippen LogP) is -0.362. The van der Waals surface area contributed by atoms with Crippen molar-refractivity contribution in [2.75, 3.05) is 27.0 Å². The van der Waals surface area contributed by atoms with Crippen LogP contribution in [0.25, 0.3) is 0 Å². The Morgan fingerprint density at radius 2 is 2.41 bits per heavy atom. The summed E-state index contributed by atoms with van der Waals surface area (Å²) in [4.78, 5) is 23.0. The monoisotopic (exact) mass is 244 g/mol. The minimum absolute atomic E-state index is 0.0112. The Morgan fingerprint density at radius 3 is 2.94 bits per heavy atom. The van der Waals surface area contributed by atoms with Crippen LogP contribution in [0.2, 0.25) is 0 Å². The van der Waals surface area contributed by atoms with Crippen LogP contribution in [0.15, 0.2) is 0 Å². The molecule has 0 aromatic carbocycles. The van der Waals surface area contributed by atoms with Gasteiger partial charge in [0.15, 0.2) is 0 Å². The summed E-state index contributed by atoms with van der Waals surface area (Å²) >= 11 is 0. The van der Waals surface area contributed by atoms with Crippen LogP contribution in [-0.4, -0.2) is 44.9 Å². The molecule has 1 aliphatic rings. The zero-order chi connectivity index (χ0) is 12.7. The van der Waals surface area contributed by atoms with Crippen molar-refractivity contribution >= 4 is 11.9 Å². The fourth-order valence-corrected chi connectivity index (χ4v) is 1.82. The molecule has 0 unspecified atom stereocenters. The molecule has 0 saturated carbocycles. The largest absolute Gasteiger partial charge is 0.468 e. The van der Waals surface area contributed by atoms with Crippen LogP contribution in [0.1, 0.15) is 19.8 Å². The lowest BCUT2D eigenvalue weighted by Crippen LogP contribution is -2.41. The number of methoxy groups -OCH3 is 1. The van der Waals surface area contributed by atoms with Crippen LogP contribution in [-0.2, 0) is 19.1 Å². The van der Waals surface area contributed by atoms with Gasteiger partial charge in [0.25, 0.3) is 0 Å². The number of carbonyl (C=O) groups excluding carboxylic acids is 2. The maximum Gasteiger partial charge on any atom is 0.322 e. The molecule has 17 heavy (non-hydrogen) atoms. The maximum absolute atomic E-state index is 11.5. The van der Waals surface area contributed by atoms with Gasteiger partial charge in [0.1, 0.15) is 6.04 Å². The molecule has 1 rings (SSSR count). The summed E-state index contributed by atoms with van der Waals surface area (Å²) in [5.41, 5.74) is 0. The van der Waals surface area contributed by atoms with Crippen LogP contribution in [0.3, 0.4) is 0 Å². The van der Waals surface area contributed by atoms with E-state index >= 15 is 0 Å². The Morgan fingerprint density at radius 1 is 1.65 bits per heavy atom. The van der Waals surface area contributed by atoms with E-state index in [1.807, 2.05) is 6.92 Å². The summed E-state index contributed by atoms with van der Waals surface area (Å²) in [6.45, 7) is 3.41. The second-order valence-electron chi connectivity index (χ2n) is 3.93. The van der Waals surface area contributed by atoms with Crippen molar-refractivity contribution < 1.29 is 19.1 Å². The smallest absolute Gasteiger partial charge is 0.322 e. The van der Waals surface area contributed by atoms with Crippen LogP contribution in [0.5, 0.6) is 0 Å². The zero-order valence-corrected chi connectivity index (χ0v) is 10.3. The second kappa shape index (κ2) is 7.24. The summed E-state index contributed by atoms with van der Waals surface area (Å²) < 4.78 is 9.83. The number of esters is 1. The van der Waals surface area contributed by atoms with Crippen molar-refractivity contribution in [2.24, 2.45) is 5.92 Å². The highest BCUT2D eigenvalue weighted by molar-refractivity contribution is 5.82. The van der Waals surface area contributed by atoms with Crippen molar-refractivity contribution in [3.05, 3.63) is 0 Å². The number of hydrogen-bond acceptors (Lipinski definition) is 5. The second-order valence-corrected chi connectivity index (χ2v) is 3.93. The SMILES string of the molecule is CCOCN[C@@H](C[C@@H]1CCNC1=O)C(=O)OC. The van der Waals surface area contributed by atoms with Crippen LogP contribution >= 0.6 is 0 Å². The minimum atomic E-state index is -0.486. The standard InChI is InChI=1S/C11H20N2O4/c1-3-17-7-13-9(11(15)16-2)6-8-4-5-12-10(8)14/h8-9,13H,3-7H2,1-2H3,(H,12,14)/t8-,9-/m0/s1. The number of rotatable bonds is 7. The molecule has 0 spiro atoms. The van der Waals surface area contributed by atoms with Crippen molar-refractivity contribution in [1.29, 1.82) is 0 Å². The Balaban J connectivity index is 2.44. The van der Waals surface area contributed by atoms with Gasteiger partial charge in [0.2, 0.25) is 5.91 Å². The highest BCUT2D eigenvalue weighted by Crippen LogP contribution is 2.16. The number of amides is 1. The van der Waals surface area contributed by atoms with Gasteiger partial charge in [-0.3, -0.25) is 14.9 Å². The lowest BCUT2D eigenvalue weighted by atomic mass is 9.98. The zero-order valence-electron chi connectivity index (χ0n) is 10.3. The molecule has 1 heterocycles. The highest BCUT2D eigenvalue weighted by Gasteiger charge is 2.30. The average Bonchev–Trinajstić information content (AvgIpc) is 2.73. The molecule has 6 heteroatoms. The van der Waals surface area contributed by atoms with E-state index in [0.29, 0.717) is 19.6 Å². The summed E-state index contributed by atoms with van der Waals surface area (Å²) in [6, 6.07) is -0.486. The quantitative estimate of drug-likeness (QED) is 0.363. The lowest BCUT2D eigenvalue weighted by molar-refractivity contribution is -0.144. The average molecular weight is 244 g/mol. The first kappa shape index (κ1) is 13.9. The van der Waals surface area contributed by atoms with Gasteiger partial charge >= 0.3 is 5.97 Å². The van der Waals surface area contributed by atoms with Crippen molar-refractivity contribution in [1.82, 2.24) is 10.6 Å². The highest BCUT2D eigenvalue weighted by atomic mass is 16.5. The van der Waals surface area contributed by atoms with Gasteiger partial charge in [-0.05, 0) is 19.8 Å². The van der Waals surface area contributed by atoms with Crippen LogP contribution < -0.4 is 10.6 Å².